The lowest BCUT2D eigenvalue weighted by Gasteiger charge is -2.16. The predicted molar refractivity (Wildman–Crippen MR) is 102 cm³/mol. The van der Waals surface area contributed by atoms with Gasteiger partial charge in [-0.25, -0.2) is 18.1 Å². The molecule has 0 saturated heterocycles. The van der Waals surface area contributed by atoms with Crippen LogP contribution in [0.5, 0.6) is 0 Å². The number of sulfonamides is 1. The minimum absolute atomic E-state index is 0.177. The van der Waals surface area contributed by atoms with Gasteiger partial charge in [0.1, 0.15) is 5.01 Å². The molecule has 2 aromatic heterocycles. The van der Waals surface area contributed by atoms with Crippen molar-refractivity contribution in [3.63, 3.8) is 0 Å². The van der Waals surface area contributed by atoms with E-state index in [4.69, 9.17) is 0 Å². The van der Waals surface area contributed by atoms with Gasteiger partial charge in [-0.1, -0.05) is 6.07 Å². The number of rotatable bonds is 5. The molecule has 134 valence electrons. The van der Waals surface area contributed by atoms with Crippen LogP contribution in [0.25, 0.3) is 10.6 Å². The Morgan fingerprint density at radius 3 is 2.77 bits per heavy atom. The number of nitrogens with one attached hydrogen (secondary N) is 1. The molecule has 0 aliphatic heterocycles. The van der Waals surface area contributed by atoms with Crippen LogP contribution in [0.1, 0.15) is 29.7 Å². The summed E-state index contributed by atoms with van der Waals surface area (Å²) in [4.78, 5) is 8.92. The third kappa shape index (κ3) is 3.70. The molecule has 0 fully saturated rings. The Morgan fingerprint density at radius 1 is 1.12 bits per heavy atom. The van der Waals surface area contributed by atoms with E-state index in [0.717, 1.165) is 35.4 Å². The zero-order chi connectivity index (χ0) is 18.0. The molecule has 0 bridgehead atoms. The molecule has 0 atom stereocenters. The fourth-order valence-electron chi connectivity index (χ4n) is 3.14. The molecule has 3 aromatic rings. The summed E-state index contributed by atoms with van der Waals surface area (Å²) in [5.74, 6) is 0. The number of benzene rings is 1. The molecule has 0 amide bonds. The van der Waals surface area contributed by atoms with Crippen molar-refractivity contribution in [2.45, 2.75) is 37.1 Å². The number of pyridine rings is 1. The van der Waals surface area contributed by atoms with Crippen molar-refractivity contribution in [3.05, 3.63) is 64.9 Å². The van der Waals surface area contributed by atoms with Crippen LogP contribution in [0.3, 0.4) is 0 Å². The molecule has 1 aliphatic rings. The zero-order valence-electron chi connectivity index (χ0n) is 14.2. The number of nitrogens with zero attached hydrogens (tertiary/aromatic N) is 2. The van der Waals surface area contributed by atoms with E-state index in [1.807, 2.05) is 29.6 Å². The number of aryl methyl sites for hydroxylation is 2. The van der Waals surface area contributed by atoms with E-state index in [9.17, 15) is 8.42 Å². The summed E-state index contributed by atoms with van der Waals surface area (Å²) in [5.41, 5.74) is 4.07. The second-order valence-corrected chi connectivity index (χ2v) is 8.97. The van der Waals surface area contributed by atoms with Crippen molar-refractivity contribution >= 4 is 21.4 Å². The van der Waals surface area contributed by atoms with Crippen LogP contribution < -0.4 is 4.72 Å². The minimum Gasteiger partial charge on any atom is -0.264 e. The SMILES string of the molecule is O=S(=O)(NCc1csc(-c2cccnc2)n1)c1ccc2c(c1)CCCC2. The molecule has 1 aromatic carbocycles. The summed E-state index contributed by atoms with van der Waals surface area (Å²) in [6.07, 6.45) is 7.77. The molecule has 4 rings (SSSR count). The molecule has 0 radical (unpaired) electrons. The molecule has 0 unspecified atom stereocenters. The van der Waals surface area contributed by atoms with E-state index >= 15 is 0 Å². The zero-order valence-corrected chi connectivity index (χ0v) is 15.8. The second kappa shape index (κ2) is 7.26. The molecule has 0 saturated carbocycles. The van der Waals surface area contributed by atoms with Crippen LogP contribution in [0, 0.1) is 0 Å². The van der Waals surface area contributed by atoms with Crippen molar-refractivity contribution in [1.29, 1.82) is 0 Å². The van der Waals surface area contributed by atoms with Crippen LogP contribution >= 0.6 is 11.3 Å². The van der Waals surface area contributed by atoms with E-state index in [1.54, 1.807) is 18.5 Å². The van der Waals surface area contributed by atoms with Crippen molar-refractivity contribution in [2.24, 2.45) is 0 Å². The van der Waals surface area contributed by atoms with Crippen molar-refractivity contribution in [1.82, 2.24) is 14.7 Å². The molecule has 7 heteroatoms. The Bertz CT molecular complexity index is 1010. The minimum atomic E-state index is -3.55. The van der Waals surface area contributed by atoms with Gasteiger partial charge in [-0.3, -0.25) is 4.98 Å². The number of hydrogen-bond acceptors (Lipinski definition) is 5. The van der Waals surface area contributed by atoms with Gasteiger partial charge in [-0.2, -0.15) is 0 Å². The Labute approximate surface area is 157 Å². The lowest BCUT2D eigenvalue weighted by atomic mass is 9.92. The fourth-order valence-corrected chi connectivity index (χ4v) is 5.00. The van der Waals surface area contributed by atoms with E-state index in [0.29, 0.717) is 10.6 Å². The largest absolute Gasteiger partial charge is 0.264 e. The van der Waals surface area contributed by atoms with Gasteiger partial charge in [0.05, 0.1) is 17.1 Å². The van der Waals surface area contributed by atoms with Crippen LogP contribution in [0.15, 0.2) is 53.0 Å². The third-order valence-electron chi connectivity index (χ3n) is 4.53. The number of thiazole rings is 1. The van der Waals surface area contributed by atoms with Gasteiger partial charge >= 0.3 is 0 Å². The Balaban J connectivity index is 1.48. The lowest BCUT2D eigenvalue weighted by Crippen LogP contribution is -2.23. The monoisotopic (exact) mass is 385 g/mol. The second-order valence-electron chi connectivity index (χ2n) is 6.35. The van der Waals surface area contributed by atoms with Crippen molar-refractivity contribution in [2.75, 3.05) is 0 Å². The summed E-state index contributed by atoms with van der Waals surface area (Å²) in [5, 5.41) is 2.71. The Hall–Kier alpha value is -2.09. The number of hydrogen-bond donors (Lipinski definition) is 1. The molecule has 1 aliphatic carbocycles. The maximum absolute atomic E-state index is 12.6. The Morgan fingerprint density at radius 2 is 1.96 bits per heavy atom. The maximum atomic E-state index is 12.6. The summed E-state index contributed by atoms with van der Waals surface area (Å²) in [6.45, 7) is 0.177. The average Bonchev–Trinajstić information content (AvgIpc) is 3.16. The molecule has 2 heterocycles. The summed E-state index contributed by atoms with van der Waals surface area (Å²) < 4.78 is 27.9. The van der Waals surface area contributed by atoms with Gasteiger partial charge in [0.15, 0.2) is 0 Å². The van der Waals surface area contributed by atoms with Gasteiger partial charge in [-0.15, -0.1) is 11.3 Å². The van der Waals surface area contributed by atoms with E-state index in [2.05, 4.69) is 14.7 Å². The van der Waals surface area contributed by atoms with Gasteiger partial charge in [0, 0.05) is 23.3 Å². The lowest BCUT2D eigenvalue weighted by molar-refractivity contribution is 0.580. The highest BCUT2D eigenvalue weighted by Crippen LogP contribution is 2.25. The van der Waals surface area contributed by atoms with E-state index < -0.39 is 10.0 Å². The molecule has 1 N–H and O–H groups in total. The summed E-state index contributed by atoms with van der Waals surface area (Å²) in [7, 11) is -3.55. The molecular formula is C19H19N3O2S2. The standard InChI is InChI=1S/C19H19N3O2S2/c23-26(24,18-8-7-14-4-1-2-5-15(14)10-18)21-12-17-13-25-19(22-17)16-6-3-9-20-11-16/h3,6-11,13,21H,1-2,4-5,12H2. The first-order valence-electron chi connectivity index (χ1n) is 8.58. The summed E-state index contributed by atoms with van der Waals surface area (Å²) >= 11 is 1.48. The average molecular weight is 386 g/mol. The van der Waals surface area contributed by atoms with Gasteiger partial charge < -0.3 is 0 Å². The maximum Gasteiger partial charge on any atom is 0.240 e. The normalized spacial score (nSPS) is 14.2. The topological polar surface area (TPSA) is 72.0 Å². The third-order valence-corrected chi connectivity index (χ3v) is 6.87. The highest BCUT2D eigenvalue weighted by Gasteiger charge is 2.18. The highest BCUT2D eigenvalue weighted by atomic mass is 32.2. The summed E-state index contributed by atoms with van der Waals surface area (Å²) in [6, 6.07) is 9.27. The first-order chi connectivity index (χ1) is 12.6. The van der Waals surface area contributed by atoms with E-state index in [1.165, 1.54) is 23.3 Å². The predicted octanol–water partition coefficient (Wildman–Crippen LogP) is 3.56. The van der Waals surface area contributed by atoms with E-state index in [-0.39, 0.29) is 6.54 Å². The molecule has 5 nitrogen and oxygen atoms in total. The first-order valence-corrected chi connectivity index (χ1v) is 10.9. The van der Waals surface area contributed by atoms with Crippen LogP contribution in [0.4, 0.5) is 0 Å². The van der Waals surface area contributed by atoms with Crippen LogP contribution in [0.2, 0.25) is 0 Å². The van der Waals surface area contributed by atoms with Gasteiger partial charge in [0.2, 0.25) is 10.0 Å². The van der Waals surface area contributed by atoms with Crippen LogP contribution in [-0.4, -0.2) is 18.4 Å². The smallest absolute Gasteiger partial charge is 0.240 e. The highest BCUT2D eigenvalue weighted by molar-refractivity contribution is 7.89. The van der Waals surface area contributed by atoms with Gasteiger partial charge in [-0.05, 0) is 61.1 Å². The van der Waals surface area contributed by atoms with Crippen molar-refractivity contribution < 1.29 is 8.42 Å². The number of fused-ring (bicyclic) bond motifs is 1. The fraction of sp³-hybridized carbons (Fsp3) is 0.263. The molecule has 0 spiro atoms. The quantitative estimate of drug-likeness (QED) is 0.729. The van der Waals surface area contributed by atoms with Crippen LogP contribution in [-0.2, 0) is 29.4 Å². The molecule has 26 heavy (non-hydrogen) atoms. The first kappa shape index (κ1) is 17.3. The van der Waals surface area contributed by atoms with Crippen molar-refractivity contribution in [3.8, 4) is 10.6 Å². The molecular weight excluding hydrogens is 366 g/mol. The number of aromatic nitrogens is 2. The Kier molecular flexibility index (Phi) is 4.84. The van der Waals surface area contributed by atoms with Gasteiger partial charge in [0.25, 0.3) is 0 Å².